The number of para-hydroxylation sites is 1. The summed E-state index contributed by atoms with van der Waals surface area (Å²) in [7, 11) is 0. The van der Waals surface area contributed by atoms with Gasteiger partial charge in [0, 0.05) is 51.6 Å². The van der Waals surface area contributed by atoms with Crippen molar-refractivity contribution in [3.8, 4) is 0 Å². The number of benzene rings is 2. The molecule has 7 heteroatoms. The van der Waals surface area contributed by atoms with Gasteiger partial charge >= 0.3 is 0 Å². The van der Waals surface area contributed by atoms with Gasteiger partial charge in [-0.3, -0.25) is 4.79 Å². The van der Waals surface area contributed by atoms with E-state index in [0.717, 1.165) is 38.3 Å². The summed E-state index contributed by atoms with van der Waals surface area (Å²) in [5.74, 6) is 1.53. The number of amides is 1. The fourth-order valence-corrected chi connectivity index (χ4v) is 5.33. The number of hydrogen-bond acceptors (Lipinski definition) is 4. The van der Waals surface area contributed by atoms with Gasteiger partial charge in [0.1, 0.15) is 5.76 Å². The van der Waals surface area contributed by atoms with E-state index in [9.17, 15) is 4.79 Å². The molecule has 1 aliphatic heterocycles. The van der Waals surface area contributed by atoms with E-state index in [1.807, 2.05) is 54.3 Å². The molecule has 30 heavy (non-hydrogen) atoms. The quantitative estimate of drug-likeness (QED) is 0.378. The lowest BCUT2D eigenvalue weighted by molar-refractivity contribution is 0.0731. The van der Waals surface area contributed by atoms with E-state index in [1.165, 1.54) is 16.6 Å². The predicted molar refractivity (Wildman–Crippen MR) is 122 cm³/mol. The number of carbonyl (C=O) groups excluding carboxylic acids is 1. The minimum atomic E-state index is 0.0712. The third-order valence-corrected chi connectivity index (χ3v) is 7.17. The number of thioether (sulfide) groups is 1. The van der Waals surface area contributed by atoms with Gasteiger partial charge < -0.3 is 14.4 Å². The number of halogens is 1. The van der Waals surface area contributed by atoms with Crippen molar-refractivity contribution in [3.63, 3.8) is 0 Å². The zero-order chi connectivity index (χ0) is 20.7. The van der Waals surface area contributed by atoms with Crippen molar-refractivity contribution < 1.29 is 9.32 Å². The first kappa shape index (κ1) is 19.5. The average Bonchev–Trinajstić information content (AvgIpc) is 3.35. The molecule has 5 rings (SSSR count). The van der Waals surface area contributed by atoms with Crippen LogP contribution in [0.5, 0.6) is 0 Å². The van der Waals surface area contributed by atoms with Gasteiger partial charge in [0.25, 0.3) is 5.91 Å². The largest absolute Gasteiger partial charge is 0.360 e. The highest BCUT2D eigenvalue weighted by atomic mass is 79.9. The molecule has 1 N–H and O–H groups in total. The van der Waals surface area contributed by atoms with Crippen LogP contribution in [0, 0.1) is 6.92 Å². The molecule has 0 aliphatic carbocycles. The van der Waals surface area contributed by atoms with Crippen LogP contribution >= 0.6 is 27.7 Å². The molecule has 4 aromatic rings. The van der Waals surface area contributed by atoms with Crippen molar-refractivity contribution in [1.29, 1.82) is 0 Å². The fraction of sp³-hybridized carbons (Fsp3) is 0.217. The molecule has 0 fully saturated rings. The van der Waals surface area contributed by atoms with Crippen LogP contribution in [0.3, 0.4) is 0 Å². The first-order valence-corrected chi connectivity index (χ1v) is 11.6. The summed E-state index contributed by atoms with van der Waals surface area (Å²) >= 11 is 5.23. The van der Waals surface area contributed by atoms with Gasteiger partial charge in [-0.25, -0.2) is 0 Å². The van der Waals surface area contributed by atoms with Gasteiger partial charge in [-0.2, -0.15) is 0 Å². The van der Waals surface area contributed by atoms with Gasteiger partial charge in [0.15, 0.2) is 0 Å². The number of aromatic amines is 1. The Morgan fingerprint density at radius 2 is 2.13 bits per heavy atom. The van der Waals surface area contributed by atoms with Crippen LogP contribution in [0.2, 0.25) is 0 Å². The summed E-state index contributed by atoms with van der Waals surface area (Å²) in [6.07, 6.45) is 0.828. The third-order valence-electron chi connectivity index (χ3n) is 5.41. The van der Waals surface area contributed by atoms with E-state index in [-0.39, 0.29) is 5.91 Å². The number of fused-ring (bicyclic) bond motifs is 3. The molecule has 152 valence electrons. The monoisotopic (exact) mass is 481 g/mol. The van der Waals surface area contributed by atoms with Gasteiger partial charge in [0.05, 0.1) is 22.5 Å². The van der Waals surface area contributed by atoms with Gasteiger partial charge in [-0.15, -0.1) is 11.8 Å². The average molecular weight is 482 g/mol. The molecule has 2 aromatic heterocycles. The maximum atomic E-state index is 13.4. The van der Waals surface area contributed by atoms with E-state index in [1.54, 1.807) is 11.8 Å². The number of rotatable bonds is 4. The Balaban J connectivity index is 1.39. The summed E-state index contributed by atoms with van der Waals surface area (Å²) in [6, 6.07) is 15.9. The number of nitrogens with zero attached hydrogens (tertiary/aromatic N) is 2. The Morgan fingerprint density at radius 3 is 2.97 bits per heavy atom. The molecule has 0 radical (unpaired) electrons. The normalized spacial score (nSPS) is 13.6. The minimum absolute atomic E-state index is 0.0712. The van der Waals surface area contributed by atoms with Crippen molar-refractivity contribution in [2.45, 2.75) is 30.5 Å². The van der Waals surface area contributed by atoms with E-state index in [2.05, 4.69) is 32.1 Å². The number of nitrogens with one attached hydrogen (secondary N) is 1. The molecule has 0 atom stereocenters. The van der Waals surface area contributed by atoms with Crippen molar-refractivity contribution in [3.05, 3.63) is 81.3 Å². The predicted octanol–water partition coefficient (Wildman–Crippen LogP) is 5.72. The van der Waals surface area contributed by atoms with Gasteiger partial charge in [-0.05, 0) is 41.1 Å². The number of aryl methyl sites for hydroxylation is 1. The van der Waals surface area contributed by atoms with Crippen molar-refractivity contribution in [1.82, 2.24) is 15.0 Å². The molecule has 0 bridgehead atoms. The smallest absolute Gasteiger partial charge is 0.255 e. The molecule has 1 aliphatic rings. The molecule has 0 unspecified atom stereocenters. The van der Waals surface area contributed by atoms with Crippen molar-refractivity contribution in [2.75, 3.05) is 6.54 Å². The topological polar surface area (TPSA) is 62.1 Å². The maximum absolute atomic E-state index is 13.4. The lowest BCUT2D eigenvalue weighted by Gasteiger charge is -2.28. The Kier molecular flexibility index (Phi) is 5.16. The Labute approximate surface area is 186 Å². The SMILES string of the molecule is Cc1cc(CSc2ccccc2C(=O)N2CCc3[nH]c4c(Br)cccc4c3C2)on1. The van der Waals surface area contributed by atoms with Crippen LogP contribution in [0.15, 0.2) is 62.4 Å². The highest BCUT2D eigenvalue weighted by molar-refractivity contribution is 9.10. The van der Waals surface area contributed by atoms with E-state index in [0.29, 0.717) is 18.8 Å². The van der Waals surface area contributed by atoms with Crippen LogP contribution in [0.25, 0.3) is 10.9 Å². The lowest BCUT2D eigenvalue weighted by Crippen LogP contribution is -2.36. The second-order valence-corrected chi connectivity index (χ2v) is 9.31. The minimum Gasteiger partial charge on any atom is -0.360 e. The highest BCUT2D eigenvalue weighted by Crippen LogP contribution is 2.33. The first-order valence-electron chi connectivity index (χ1n) is 9.81. The van der Waals surface area contributed by atoms with E-state index in [4.69, 9.17) is 4.52 Å². The second kappa shape index (κ2) is 7.96. The molecule has 1 amide bonds. The van der Waals surface area contributed by atoms with Crippen molar-refractivity contribution >= 4 is 44.5 Å². The summed E-state index contributed by atoms with van der Waals surface area (Å²) in [6.45, 7) is 3.23. The summed E-state index contributed by atoms with van der Waals surface area (Å²) < 4.78 is 6.36. The molecule has 0 saturated heterocycles. The number of aromatic nitrogens is 2. The number of carbonyl (C=O) groups is 1. The Morgan fingerprint density at radius 1 is 1.27 bits per heavy atom. The molecule has 0 saturated carbocycles. The summed E-state index contributed by atoms with van der Waals surface area (Å²) in [5.41, 5.74) is 5.15. The lowest BCUT2D eigenvalue weighted by atomic mass is 10.0. The van der Waals surface area contributed by atoms with Crippen LogP contribution in [0.1, 0.15) is 33.1 Å². The fourth-order valence-electron chi connectivity index (χ4n) is 3.95. The van der Waals surface area contributed by atoms with E-state index >= 15 is 0 Å². The van der Waals surface area contributed by atoms with Crippen LogP contribution < -0.4 is 0 Å². The van der Waals surface area contributed by atoms with Gasteiger partial charge in [0.2, 0.25) is 0 Å². The highest BCUT2D eigenvalue weighted by Gasteiger charge is 2.26. The second-order valence-electron chi connectivity index (χ2n) is 7.44. The van der Waals surface area contributed by atoms with Crippen molar-refractivity contribution in [2.24, 2.45) is 0 Å². The first-order chi connectivity index (χ1) is 14.6. The molecule has 3 heterocycles. The molecule has 0 spiro atoms. The van der Waals surface area contributed by atoms with Crippen LogP contribution in [-0.2, 0) is 18.7 Å². The van der Waals surface area contributed by atoms with Crippen LogP contribution in [0.4, 0.5) is 0 Å². The molecular weight excluding hydrogens is 462 g/mol. The Bertz CT molecular complexity index is 1250. The third kappa shape index (κ3) is 3.56. The molecule has 5 nitrogen and oxygen atoms in total. The summed E-state index contributed by atoms with van der Waals surface area (Å²) in [5, 5.41) is 5.12. The molecular formula is C23H20BrN3O2S. The Hall–Kier alpha value is -2.51. The van der Waals surface area contributed by atoms with Crippen LogP contribution in [-0.4, -0.2) is 27.5 Å². The maximum Gasteiger partial charge on any atom is 0.255 e. The van der Waals surface area contributed by atoms with Gasteiger partial charge in [-0.1, -0.05) is 29.4 Å². The standard InChI is InChI=1S/C23H20BrN3O2S/c1-14-11-15(29-26-14)13-30-21-8-3-2-5-17(21)23(28)27-10-9-20-18(12-27)16-6-4-7-19(24)22(16)25-20/h2-8,11,25H,9-10,12-13H2,1H3. The number of hydrogen-bond donors (Lipinski definition) is 1. The molecule has 2 aromatic carbocycles. The zero-order valence-corrected chi connectivity index (χ0v) is 18.8. The zero-order valence-electron chi connectivity index (χ0n) is 16.4. The van der Waals surface area contributed by atoms with E-state index < -0.39 is 0 Å². The summed E-state index contributed by atoms with van der Waals surface area (Å²) in [4.78, 5) is 19.9. The number of H-pyrrole nitrogens is 1.